The van der Waals surface area contributed by atoms with Crippen LogP contribution in [0.2, 0.25) is 0 Å². The number of hydrogen-bond acceptors (Lipinski definition) is 9. The second-order valence-electron chi connectivity index (χ2n) is 12.5. The van der Waals surface area contributed by atoms with E-state index in [9.17, 15) is 27.5 Å². The van der Waals surface area contributed by atoms with Crippen molar-refractivity contribution in [3.63, 3.8) is 0 Å². The Bertz CT molecular complexity index is 2130. The van der Waals surface area contributed by atoms with Crippen molar-refractivity contribution in [2.24, 2.45) is 11.7 Å². The Morgan fingerprint density at radius 1 is 1.09 bits per heavy atom. The third kappa shape index (κ3) is 11.7. The molecule has 55 heavy (non-hydrogen) atoms. The normalized spacial score (nSPS) is 12.7. The number of aryl methyl sites for hydroxylation is 2. The van der Waals surface area contributed by atoms with Gasteiger partial charge in [-0.3, -0.25) is 4.79 Å². The fourth-order valence-electron chi connectivity index (χ4n) is 5.59. The fourth-order valence-corrected chi connectivity index (χ4v) is 6.52. The number of carbonyl (C=O) groups is 2. The van der Waals surface area contributed by atoms with Crippen molar-refractivity contribution in [2.45, 2.75) is 58.5 Å². The Hall–Kier alpha value is -5.09. The predicted molar refractivity (Wildman–Crippen MR) is 186 cm³/mol. The van der Waals surface area contributed by atoms with Gasteiger partial charge in [0.05, 0.1) is 35.3 Å². The summed E-state index contributed by atoms with van der Waals surface area (Å²) >= 11 is 1.42. The summed E-state index contributed by atoms with van der Waals surface area (Å²) in [7, 11) is 0. The maximum atomic E-state index is 15.2. The van der Waals surface area contributed by atoms with Gasteiger partial charge in [-0.15, -0.1) is 16.0 Å². The van der Waals surface area contributed by atoms with Crippen LogP contribution in [0.4, 0.5) is 22.0 Å². The van der Waals surface area contributed by atoms with Crippen LogP contribution in [0, 0.1) is 42.7 Å². The van der Waals surface area contributed by atoms with Crippen LogP contribution < -0.4 is 32.0 Å². The molecular weight excluding hydrogens is 815 g/mol. The van der Waals surface area contributed by atoms with Gasteiger partial charge in [0.2, 0.25) is 6.33 Å². The van der Waals surface area contributed by atoms with Gasteiger partial charge in [0.25, 0.3) is 6.33 Å². The molecule has 0 aliphatic carbocycles. The van der Waals surface area contributed by atoms with E-state index in [1.807, 2.05) is 48.1 Å². The molecule has 18 heteroatoms. The number of halogens is 6. The monoisotopic (exact) mass is 850 g/mol. The van der Waals surface area contributed by atoms with Crippen molar-refractivity contribution in [3.05, 3.63) is 117 Å². The second-order valence-corrected chi connectivity index (χ2v) is 13.4. The number of ether oxygens (including phenoxy) is 1. The van der Waals surface area contributed by atoms with Gasteiger partial charge in [0.15, 0.2) is 0 Å². The minimum Gasteiger partial charge on any atom is -1.00 e. The van der Waals surface area contributed by atoms with Gasteiger partial charge in [-0.25, -0.2) is 23.1 Å². The first kappa shape index (κ1) is 44.3. The maximum Gasteiger partial charge on any atom is 0.490 e. The lowest BCUT2D eigenvalue weighted by atomic mass is 9.80. The van der Waals surface area contributed by atoms with Gasteiger partial charge in [0.1, 0.15) is 29.5 Å². The molecule has 0 unspecified atom stereocenters. The van der Waals surface area contributed by atoms with E-state index >= 15 is 4.39 Å². The van der Waals surface area contributed by atoms with E-state index in [0.717, 1.165) is 45.1 Å². The third-order valence-electron chi connectivity index (χ3n) is 8.28. The zero-order chi connectivity index (χ0) is 39.8. The molecular formula is C37H36BrF5N6O5S. The van der Waals surface area contributed by atoms with E-state index in [1.165, 1.54) is 22.1 Å². The number of esters is 1. The van der Waals surface area contributed by atoms with Crippen molar-refractivity contribution in [2.75, 3.05) is 6.54 Å². The number of nitrogens with two attached hydrogens (primary N) is 1. The van der Waals surface area contributed by atoms with Crippen LogP contribution in [0.15, 0.2) is 72.6 Å². The van der Waals surface area contributed by atoms with Crippen LogP contribution in [-0.2, 0) is 34.7 Å². The van der Waals surface area contributed by atoms with Crippen molar-refractivity contribution in [3.8, 4) is 23.1 Å². The van der Waals surface area contributed by atoms with E-state index in [1.54, 1.807) is 31.7 Å². The Morgan fingerprint density at radius 2 is 1.73 bits per heavy atom. The number of nitrogens with zero attached hydrogens (tertiary/aromatic N) is 5. The number of aliphatic carboxylic acids is 1. The number of rotatable bonds is 12. The predicted octanol–water partition coefficient (Wildman–Crippen LogP) is 2.77. The second kappa shape index (κ2) is 19.0. The summed E-state index contributed by atoms with van der Waals surface area (Å²) in [6, 6.07) is 16.2. The Labute approximate surface area is 327 Å². The number of benzene rings is 3. The number of carboxylic acid groups (broad SMARTS) is 1. The van der Waals surface area contributed by atoms with Crippen molar-refractivity contribution in [1.29, 1.82) is 5.26 Å². The van der Waals surface area contributed by atoms with E-state index in [2.05, 4.69) is 11.2 Å². The largest absolute Gasteiger partial charge is 1.00 e. The van der Waals surface area contributed by atoms with E-state index in [4.69, 9.17) is 30.6 Å². The Balaban J connectivity index is 0.000000926. The minimum atomic E-state index is -5.08. The number of hydrogen-bond donors (Lipinski definition) is 3. The summed E-state index contributed by atoms with van der Waals surface area (Å²) < 4.78 is 69.8. The van der Waals surface area contributed by atoms with E-state index < -0.39 is 35.3 Å². The average Bonchev–Trinajstić information content (AvgIpc) is 3.75. The highest BCUT2D eigenvalue weighted by molar-refractivity contribution is 7.09. The van der Waals surface area contributed by atoms with Crippen LogP contribution in [-0.4, -0.2) is 49.6 Å². The van der Waals surface area contributed by atoms with Crippen LogP contribution in [0.25, 0.3) is 11.3 Å². The molecule has 2 heterocycles. The van der Waals surface area contributed by atoms with Crippen molar-refractivity contribution < 1.29 is 68.0 Å². The van der Waals surface area contributed by atoms with Crippen LogP contribution in [0.5, 0.6) is 5.75 Å². The molecule has 5 rings (SSSR count). The molecule has 0 aliphatic heterocycles. The third-order valence-corrected chi connectivity index (χ3v) is 9.15. The summed E-state index contributed by atoms with van der Waals surface area (Å²) in [5, 5.41) is 35.5. The molecule has 292 valence electrons. The summed E-state index contributed by atoms with van der Waals surface area (Å²) in [6.07, 6.45) is -1.32. The zero-order valence-corrected chi connectivity index (χ0v) is 32.1. The molecule has 0 saturated heterocycles. The number of aliphatic hydroxyl groups is 1. The Kier molecular flexibility index (Phi) is 15.3. The molecule has 0 spiro atoms. The molecule has 2 aromatic heterocycles. The summed E-state index contributed by atoms with van der Waals surface area (Å²) in [4.78, 5) is 25.6. The SMILES string of the molecule is Cc1cc(C[n+]2cnn(C[C@](O)(c3ccc(F)cc3F)[C@H](C)Cc3nc(-c4ccc(C#N)cc4)cs3)c2)cc(C)c1OC(=O)CCN.O=C(O)C(F)(F)F.[Br-]. The maximum absolute atomic E-state index is 15.2. The molecule has 0 fully saturated rings. The lowest BCUT2D eigenvalue weighted by molar-refractivity contribution is -0.689. The summed E-state index contributed by atoms with van der Waals surface area (Å²) in [6.45, 7) is 6.08. The quantitative estimate of drug-likeness (QED) is 0.0741. The molecule has 0 aliphatic rings. The zero-order valence-electron chi connectivity index (χ0n) is 29.6. The molecule has 0 saturated carbocycles. The number of aromatic nitrogens is 4. The van der Waals surface area contributed by atoms with Gasteiger partial charge >= 0.3 is 18.1 Å². The van der Waals surface area contributed by atoms with Crippen LogP contribution in [0.3, 0.4) is 0 Å². The number of thiazole rings is 1. The van der Waals surface area contributed by atoms with Crippen molar-refractivity contribution in [1.82, 2.24) is 14.8 Å². The minimum absolute atomic E-state index is 0. The number of alkyl halides is 3. The molecule has 0 amide bonds. The molecule has 2 atom stereocenters. The highest BCUT2D eigenvalue weighted by atomic mass is 79.9. The average molecular weight is 852 g/mol. The molecule has 11 nitrogen and oxygen atoms in total. The topological polar surface area (TPSA) is 168 Å². The van der Waals surface area contributed by atoms with Crippen LogP contribution >= 0.6 is 11.3 Å². The summed E-state index contributed by atoms with van der Waals surface area (Å²) in [5.41, 5.74) is 8.34. The highest BCUT2D eigenvalue weighted by Gasteiger charge is 2.41. The first-order valence-corrected chi connectivity index (χ1v) is 17.2. The molecule has 0 bridgehead atoms. The Morgan fingerprint density at radius 3 is 2.29 bits per heavy atom. The van der Waals surface area contributed by atoms with Crippen LogP contribution in [0.1, 0.15) is 46.2 Å². The molecule has 4 N–H and O–H groups in total. The van der Waals surface area contributed by atoms with Gasteiger partial charge in [-0.1, -0.05) is 25.1 Å². The molecule has 0 radical (unpaired) electrons. The lowest BCUT2D eigenvalue weighted by Crippen LogP contribution is -3.00. The standard InChI is InChI=1S/C35H35F2N6O3S.C2HF3O2.BrH/c1-22-12-26(13-23(2)34(22)46-33(44)10-11-38)17-42-20-40-43(21-42)19-35(45,29-9-8-28(36)15-30(29)37)24(3)14-32-41-31(18-47-32)27-6-4-25(16-39)5-7-27;3-2(4,5)1(6)7;/h4-9,12-13,15,18,20-21,24,45H,10-11,14,17,19,38H2,1-3H3;(H,6,7);1H/q+1;;/p-1/t24-,35-;;/m1../s1. The smallest absolute Gasteiger partial charge is 0.490 e. The van der Waals surface area contributed by atoms with Crippen molar-refractivity contribution >= 4 is 23.3 Å². The fraction of sp³-hybridized carbons (Fsp3) is 0.297. The molecule has 3 aromatic carbocycles. The number of carbonyl (C=O) groups excluding carboxylic acids is 1. The molecule has 5 aromatic rings. The highest BCUT2D eigenvalue weighted by Crippen LogP contribution is 2.37. The van der Waals surface area contributed by atoms with E-state index in [0.29, 0.717) is 24.3 Å². The van der Waals surface area contributed by atoms with E-state index in [-0.39, 0.29) is 48.0 Å². The van der Waals surface area contributed by atoms with Gasteiger partial charge in [0, 0.05) is 40.6 Å². The number of carboxylic acids is 1. The van der Waals surface area contributed by atoms with Gasteiger partial charge < -0.3 is 37.7 Å². The lowest BCUT2D eigenvalue weighted by Gasteiger charge is -2.32. The summed E-state index contributed by atoms with van der Waals surface area (Å²) in [5.74, 6) is -4.78. The first-order chi connectivity index (χ1) is 25.4. The van der Waals surface area contributed by atoms with Gasteiger partial charge in [-0.05, 0) is 66.8 Å². The first-order valence-electron chi connectivity index (χ1n) is 16.3. The number of nitriles is 1. The van der Waals surface area contributed by atoms with Gasteiger partial charge in [-0.2, -0.15) is 18.4 Å².